The lowest BCUT2D eigenvalue weighted by Gasteiger charge is -2.34. The Hall–Kier alpha value is -2.54. The average molecular weight is 442 g/mol. The van der Waals surface area contributed by atoms with Gasteiger partial charge in [-0.25, -0.2) is 12.4 Å². The first-order valence-electron chi connectivity index (χ1n) is 9.82. The minimum atomic E-state index is -3.70. The molecule has 1 aliphatic heterocycles. The molecule has 4 aromatic rings. The van der Waals surface area contributed by atoms with Crippen molar-refractivity contribution in [3.63, 3.8) is 0 Å². The molecule has 156 valence electrons. The Balaban J connectivity index is 0.00000218. The first-order valence-corrected chi connectivity index (χ1v) is 11.3. The number of piperazine rings is 1. The molecule has 5 rings (SSSR count). The quantitative estimate of drug-likeness (QED) is 0.478. The molecule has 1 saturated heterocycles. The summed E-state index contributed by atoms with van der Waals surface area (Å²) in [6, 6.07) is 20.9. The predicted octanol–water partition coefficient (Wildman–Crippen LogP) is 4.21. The molecule has 0 amide bonds. The summed E-state index contributed by atoms with van der Waals surface area (Å²) in [5, 5.41) is 2.60. The Labute approximate surface area is 183 Å². The molecule has 0 bridgehead atoms. The van der Waals surface area contributed by atoms with Crippen molar-refractivity contribution in [2.45, 2.75) is 4.90 Å². The molecule has 2 heterocycles. The average Bonchev–Trinajstić information content (AvgIpc) is 3.18. The number of aromatic nitrogens is 1. The van der Waals surface area contributed by atoms with Crippen molar-refractivity contribution < 1.29 is 8.42 Å². The van der Waals surface area contributed by atoms with Crippen molar-refractivity contribution >= 4 is 49.8 Å². The molecule has 5 nitrogen and oxygen atoms in total. The van der Waals surface area contributed by atoms with Crippen molar-refractivity contribution in [3.05, 3.63) is 72.9 Å². The van der Waals surface area contributed by atoms with E-state index in [9.17, 15) is 8.42 Å². The van der Waals surface area contributed by atoms with Crippen LogP contribution in [0.25, 0.3) is 21.7 Å². The van der Waals surface area contributed by atoms with Gasteiger partial charge < -0.3 is 9.80 Å². The Kier molecular flexibility index (Phi) is 5.49. The maximum absolute atomic E-state index is 13.5. The van der Waals surface area contributed by atoms with Gasteiger partial charge in [-0.1, -0.05) is 36.4 Å². The smallest absolute Gasteiger partial charge is 0.268 e. The third-order valence-corrected chi connectivity index (χ3v) is 7.54. The maximum Gasteiger partial charge on any atom is 0.268 e. The Morgan fingerprint density at radius 3 is 2.33 bits per heavy atom. The number of halogens is 1. The number of nitrogens with zero attached hydrogens (tertiary/aromatic N) is 3. The number of benzene rings is 3. The molecule has 0 aliphatic carbocycles. The fourth-order valence-corrected chi connectivity index (χ4v) is 5.67. The summed E-state index contributed by atoms with van der Waals surface area (Å²) in [4.78, 5) is 5.01. The molecular weight excluding hydrogens is 418 g/mol. The van der Waals surface area contributed by atoms with Gasteiger partial charge in [-0.05, 0) is 42.8 Å². The van der Waals surface area contributed by atoms with Crippen LogP contribution in [0.2, 0.25) is 0 Å². The van der Waals surface area contributed by atoms with Crippen LogP contribution in [0.5, 0.6) is 0 Å². The van der Waals surface area contributed by atoms with E-state index in [4.69, 9.17) is 0 Å². The van der Waals surface area contributed by atoms with E-state index in [-0.39, 0.29) is 12.4 Å². The van der Waals surface area contributed by atoms with E-state index in [0.29, 0.717) is 10.4 Å². The van der Waals surface area contributed by atoms with Gasteiger partial charge in [0, 0.05) is 48.8 Å². The second kappa shape index (κ2) is 7.95. The molecule has 0 atom stereocenters. The Morgan fingerprint density at radius 2 is 1.53 bits per heavy atom. The van der Waals surface area contributed by atoms with E-state index < -0.39 is 10.0 Å². The SMILES string of the molecule is CN1CCN(c2ccc3c(ccn3S(=O)(=O)c3cccc4ccccc34)c2)CC1.Cl. The van der Waals surface area contributed by atoms with E-state index >= 15 is 0 Å². The van der Waals surface area contributed by atoms with Gasteiger partial charge in [-0.3, -0.25) is 0 Å². The standard InChI is InChI=1S/C23H23N3O2S.ClH/c1-24-13-15-25(16-14-24)20-9-10-22-19(17-20)11-12-26(22)29(27,28)23-8-4-6-18-5-2-3-7-21(18)23;/h2-12,17H,13-16H2,1H3;1H. The third-order valence-electron chi connectivity index (χ3n) is 5.79. The van der Waals surface area contributed by atoms with Gasteiger partial charge in [0.05, 0.1) is 10.4 Å². The van der Waals surface area contributed by atoms with Gasteiger partial charge in [-0.2, -0.15) is 0 Å². The number of hydrogen-bond acceptors (Lipinski definition) is 4. The molecule has 1 aromatic heterocycles. The molecule has 0 saturated carbocycles. The van der Waals surface area contributed by atoms with Crippen molar-refractivity contribution in [2.24, 2.45) is 0 Å². The van der Waals surface area contributed by atoms with Crippen LogP contribution >= 0.6 is 12.4 Å². The molecule has 0 unspecified atom stereocenters. The Morgan fingerprint density at radius 1 is 0.800 bits per heavy atom. The number of anilines is 1. The summed E-state index contributed by atoms with van der Waals surface area (Å²) in [6.45, 7) is 4.04. The molecular formula is C23H24ClN3O2S. The molecule has 0 N–H and O–H groups in total. The van der Waals surface area contributed by atoms with Gasteiger partial charge in [0.15, 0.2) is 0 Å². The van der Waals surface area contributed by atoms with Gasteiger partial charge in [0.2, 0.25) is 0 Å². The molecule has 3 aromatic carbocycles. The summed E-state index contributed by atoms with van der Waals surface area (Å²) in [7, 11) is -1.56. The third kappa shape index (κ3) is 3.45. The second-order valence-corrected chi connectivity index (χ2v) is 9.41. The highest BCUT2D eigenvalue weighted by Crippen LogP contribution is 2.30. The van der Waals surface area contributed by atoms with E-state index in [1.165, 1.54) is 3.97 Å². The summed E-state index contributed by atoms with van der Waals surface area (Å²) >= 11 is 0. The summed E-state index contributed by atoms with van der Waals surface area (Å²) < 4.78 is 28.4. The summed E-state index contributed by atoms with van der Waals surface area (Å²) in [6.07, 6.45) is 1.66. The summed E-state index contributed by atoms with van der Waals surface area (Å²) in [5.41, 5.74) is 1.85. The zero-order valence-corrected chi connectivity index (χ0v) is 18.4. The van der Waals surface area contributed by atoms with Crippen molar-refractivity contribution in [1.29, 1.82) is 0 Å². The van der Waals surface area contributed by atoms with Crippen LogP contribution in [0.4, 0.5) is 5.69 Å². The van der Waals surface area contributed by atoms with Crippen molar-refractivity contribution in [1.82, 2.24) is 8.87 Å². The molecule has 0 spiro atoms. The van der Waals surface area contributed by atoms with Crippen LogP contribution < -0.4 is 4.90 Å². The van der Waals surface area contributed by atoms with Gasteiger partial charge in [-0.15, -0.1) is 12.4 Å². The first kappa shape index (κ1) is 20.7. The maximum atomic E-state index is 13.5. The number of fused-ring (bicyclic) bond motifs is 2. The fourth-order valence-electron chi connectivity index (χ4n) is 4.10. The normalized spacial score (nSPS) is 15.4. The molecule has 30 heavy (non-hydrogen) atoms. The van der Waals surface area contributed by atoms with Crippen LogP contribution in [-0.4, -0.2) is 50.5 Å². The topological polar surface area (TPSA) is 45.5 Å². The zero-order chi connectivity index (χ0) is 20.0. The van der Waals surface area contributed by atoms with Crippen molar-refractivity contribution in [3.8, 4) is 0 Å². The Bertz CT molecular complexity index is 1300. The monoisotopic (exact) mass is 441 g/mol. The second-order valence-electron chi connectivity index (χ2n) is 7.63. The van der Waals surface area contributed by atoms with E-state index in [1.807, 2.05) is 48.5 Å². The lowest BCUT2D eigenvalue weighted by molar-refractivity contribution is 0.313. The van der Waals surface area contributed by atoms with E-state index in [0.717, 1.165) is 48.0 Å². The highest BCUT2D eigenvalue weighted by molar-refractivity contribution is 7.90. The number of rotatable bonds is 3. The lowest BCUT2D eigenvalue weighted by Crippen LogP contribution is -2.44. The van der Waals surface area contributed by atoms with E-state index in [2.05, 4.69) is 22.9 Å². The molecule has 0 radical (unpaired) electrons. The lowest BCUT2D eigenvalue weighted by atomic mass is 10.1. The van der Waals surface area contributed by atoms with Crippen LogP contribution in [0.3, 0.4) is 0 Å². The van der Waals surface area contributed by atoms with Crippen LogP contribution in [0, 0.1) is 0 Å². The molecule has 1 fully saturated rings. The zero-order valence-electron chi connectivity index (χ0n) is 16.7. The number of hydrogen-bond donors (Lipinski definition) is 0. The first-order chi connectivity index (χ1) is 14.0. The highest BCUT2D eigenvalue weighted by Gasteiger charge is 2.22. The predicted molar refractivity (Wildman–Crippen MR) is 125 cm³/mol. The van der Waals surface area contributed by atoms with Gasteiger partial charge in [0.1, 0.15) is 0 Å². The molecule has 7 heteroatoms. The fraction of sp³-hybridized carbons (Fsp3) is 0.217. The minimum Gasteiger partial charge on any atom is -0.369 e. The van der Waals surface area contributed by atoms with Crippen LogP contribution in [0.1, 0.15) is 0 Å². The number of likely N-dealkylation sites (N-methyl/N-ethyl adjacent to an activating group) is 1. The highest BCUT2D eigenvalue weighted by atomic mass is 35.5. The van der Waals surface area contributed by atoms with Gasteiger partial charge >= 0.3 is 0 Å². The van der Waals surface area contributed by atoms with E-state index in [1.54, 1.807) is 18.3 Å². The largest absolute Gasteiger partial charge is 0.369 e. The van der Waals surface area contributed by atoms with Crippen molar-refractivity contribution in [2.75, 3.05) is 38.1 Å². The van der Waals surface area contributed by atoms with Crippen LogP contribution in [0.15, 0.2) is 77.8 Å². The molecule has 1 aliphatic rings. The van der Waals surface area contributed by atoms with Gasteiger partial charge in [0.25, 0.3) is 10.0 Å². The minimum absolute atomic E-state index is 0. The van der Waals surface area contributed by atoms with Crippen LogP contribution in [-0.2, 0) is 10.0 Å². The summed E-state index contributed by atoms with van der Waals surface area (Å²) in [5.74, 6) is 0.